The molecule has 0 saturated heterocycles. The van der Waals surface area contributed by atoms with Gasteiger partial charge in [-0.15, -0.1) is 0 Å². The van der Waals surface area contributed by atoms with Crippen LogP contribution in [0.2, 0.25) is 0 Å². The quantitative estimate of drug-likeness (QED) is 0.583. The number of pyridine rings is 1. The van der Waals surface area contributed by atoms with Crippen molar-refractivity contribution in [2.75, 3.05) is 0 Å². The highest BCUT2D eigenvalue weighted by Crippen LogP contribution is 2.15. The molecule has 1 atom stereocenters. The molecular weight excluding hydrogens is 226 g/mol. The molecule has 1 amide bonds. The number of nitrogens with one attached hydrogen (secondary N) is 1. The maximum atomic E-state index is 11.0. The Morgan fingerprint density at radius 1 is 1.65 bits per heavy atom. The van der Waals surface area contributed by atoms with E-state index in [1.165, 1.54) is 17.7 Å². The van der Waals surface area contributed by atoms with Gasteiger partial charge >= 0.3 is 0 Å². The summed E-state index contributed by atoms with van der Waals surface area (Å²) in [4.78, 5) is 19.8. The van der Waals surface area contributed by atoms with Crippen LogP contribution in [0.1, 0.15) is 23.8 Å². The number of carbonyl (C=O) groups is 1. The van der Waals surface area contributed by atoms with Crippen molar-refractivity contribution in [2.45, 2.75) is 19.4 Å². The minimum atomic E-state index is -0.674. The van der Waals surface area contributed by atoms with Gasteiger partial charge in [0.1, 0.15) is 17.5 Å². The van der Waals surface area contributed by atoms with Gasteiger partial charge in [-0.2, -0.15) is 0 Å². The van der Waals surface area contributed by atoms with Gasteiger partial charge in [0, 0.05) is 0 Å². The first-order chi connectivity index (χ1) is 8.19. The lowest BCUT2D eigenvalue weighted by atomic mass is 10.3. The molecular formula is C10H11N3O4. The van der Waals surface area contributed by atoms with E-state index >= 15 is 0 Å². The monoisotopic (exact) mass is 237 g/mol. The van der Waals surface area contributed by atoms with E-state index in [1.807, 2.05) is 6.92 Å². The smallest absolute Gasteiger partial charge is 0.293 e. The first-order valence-electron chi connectivity index (χ1n) is 5.00. The van der Waals surface area contributed by atoms with Crippen molar-refractivity contribution in [1.82, 2.24) is 10.5 Å². The third-order valence-corrected chi connectivity index (χ3v) is 2.10. The second-order valence-electron chi connectivity index (χ2n) is 3.53. The van der Waals surface area contributed by atoms with Crippen molar-refractivity contribution in [3.8, 4) is 5.75 Å². The van der Waals surface area contributed by atoms with Crippen LogP contribution in [-0.2, 0) is 4.84 Å². The van der Waals surface area contributed by atoms with E-state index in [9.17, 15) is 4.79 Å². The Bertz CT molecular complexity index is 443. The second kappa shape index (κ2) is 4.79. The third kappa shape index (κ3) is 2.70. The summed E-state index contributed by atoms with van der Waals surface area (Å²) < 4.78 is 5.38. The van der Waals surface area contributed by atoms with E-state index in [-0.39, 0.29) is 11.8 Å². The van der Waals surface area contributed by atoms with Crippen LogP contribution < -0.4 is 10.2 Å². The van der Waals surface area contributed by atoms with Gasteiger partial charge in [0.2, 0.25) is 5.90 Å². The Hall–Kier alpha value is -2.15. The first kappa shape index (κ1) is 11.3. The standard InChI is InChI=1S/C10H11N3O4/c1-6-4-9(13-17-6)16-7-2-3-8(11-5-7)10(14)12-15/h2-3,5-6,15H,4H2,1H3,(H,12,14). The van der Waals surface area contributed by atoms with E-state index in [1.54, 1.807) is 6.07 Å². The van der Waals surface area contributed by atoms with E-state index in [4.69, 9.17) is 14.8 Å². The molecule has 0 bridgehead atoms. The van der Waals surface area contributed by atoms with Crippen LogP contribution in [0.4, 0.5) is 0 Å². The molecule has 0 radical (unpaired) electrons. The van der Waals surface area contributed by atoms with Crippen LogP contribution in [0.25, 0.3) is 0 Å². The molecule has 0 aromatic carbocycles. The van der Waals surface area contributed by atoms with Crippen LogP contribution in [0.15, 0.2) is 23.5 Å². The predicted molar refractivity (Wildman–Crippen MR) is 56.7 cm³/mol. The van der Waals surface area contributed by atoms with Crippen molar-refractivity contribution in [1.29, 1.82) is 0 Å². The van der Waals surface area contributed by atoms with Crippen molar-refractivity contribution >= 4 is 11.8 Å². The van der Waals surface area contributed by atoms with Gasteiger partial charge in [-0.05, 0) is 19.1 Å². The summed E-state index contributed by atoms with van der Waals surface area (Å²) in [6, 6.07) is 2.99. The maximum absolute atomic E-state index is 11.0. The maximum Gasteiger partial charge on any atom is 0.293 e. The molecule has 1 unspecified atom stereocenters. The molecule has 1 aromatic heterocycles. The van der Waals surface area contributed by atoms with Crippen molar-refractivity contribution in [2.24, 2.45) is 5.16 Å². The van der Waals surface area contributed by atoms with Gasteiger partial charge in [-0.3, -0.25) is 10.0 Å². The van der Waals surface area contributed by atoms with Gasteiger partial charge in [-0.25, -0.2) is 10.5 Å². The van der Waals surface area contributed by atoms with E-state index < -0.39 is 5.91 Å². The number of carbonyl (C=O) groups excluding carboxylic acids is 1. The summed E-state index contributed by atoms with van der Waals surface area (Å²) >= 11 is 0. The lowest BCUT2D eigenvalue weighted by Crippen LogP contribution is -2.19. The molecule has 90 valence electrons. The zero-order valence-electron chi connectivity index (χ0n) is 9.08. The SMILES string of the molecule is CC1CC(Oc2ccc(C(=O)NO)nc2)=NO1. The van der Waals surface area contributed by atoms with Gasteiger partial charge in [0.25, 0.3) is 5.91 Å². The molecule has 2 N–H and O–H groups in total. The Kier molecular flexibility index (Phi) is 3.20. The largest absolute Gasteiger partial charge is 0.438 e. The number of amides is 1. The number of nitrogens with zero attached hydrogens (tertiary/aromatic N) is 2. The first-order valence-corrected chi connectivity index (χ1v) is 5.00. The molecule has 0 aliphatic carbocycles. The van der Waals surface area contributed by atoms with Crippen LogP contribution >= 0.6 is 0 Å². The lowest BCUT2D eigenvalue weighted by Gasteiger charge is -2.03. The second-order valence-corrected chi connectivity index (χ2v) is 3.53. The number of oxime groups is 1. The molecule has 0 saturated carbocycles. The fraction of sp³-hybridized carbons (Fsp3) is 0.300. The summed E-state index contributed by atoms with van der Waals surface area (Å²) in [5.41, 5.74) is 1.59. The average molecular weight is 237 g/mol. The topological polar surface area (TPSA) is 93.0 Å². The lowest BCUT2D eigenvalue weighted by molar-refractivity contribution is 0.0700. The van der Waals surface area contributed by atoms with Gasteiger partial charge in [-0.1, -0.05) is 5.16 Å². The Morgan fingerprint density at radius 3 is 3.00 bits per heavy atom. The van der Waals surface area contributed by atoms with Crippen LogP contribution in [0.5, 0.6) is 5.75 Å². The molecule has 2 rings (SSSR count). The van der Waals surface area contributed by atoms with Crippen molar-refractivity contribution in [3.05, 3.63) is 24.0 Å². The minimum absolute atomic E-state index is 0.0115. The normalized spacial score (nSPS) is 18.2. The number of hydrogen-bond donors (Lipinski definition) is 2. The molecule has 1 aliphatic rings. The van der Waals surface area contributed by atoms with Crippen LogP contribution in [0, 0.1) is 0 Å². The molecule has 7 nitrogen and oxygen atoms in total. The van der Waals surface area contributed by atoms with Crippen molar-refractivity contribution < 1.29 is 19.6 Å². The number of hydrogen-bond acceptors (Lipinski definition) is 6. The Morgan fingerprint density at radius 2 is 2.47 bits per heavy atom. The average Bonchev–Trinajstić information content (AvgIpc) is 2.75. The summed E-state index contributed by atoms with van der Waals surface area (Å²) in [7, 11) is 0. The zero-order chi connectivity index (χ0) is 12.3. The molecule has 0 fully saturated rings. The van der Waals surface area contributed by atoms with E-state index in [0.717, 1.165) is 0 Å². The highest BCUT2D eigenvalue weighted by atomic mass is 16.7. The summed E-state index contributed by atoms with van der Waals surface area (Å²) in [6.07, 6.45) is 1.98. The molecule has 1 aliphatic heterocycles. The number of rotatable bonds is 2. The van der Waals surface area contributed by atoms with Crippen LogP contribution in [-0.4, -0.2) is 28.1 Å². The highest BCUT2D eigenvalue weighted by molar-refractivity contribution is 5.91. The predicted octanol–water partition coefficient (Wildman–Crippen LogP) is 0.702. The van der Waals surface area contributed by atoms with E-state index in [0.29, 0.717) is 18.1 Å². The molecule has 0 spiro atoms. The number of ether oxygens (including phenoxy) is 1. The van der Waals surface area contributed by atoms with Gasteiger partial charge < -0.3 is 9.57 Å². The Labute approximate surface area is 97.0 Å². The number of hydroxylamine groups is 1. The van der Waals surface area contributed by atoms with E-state index in [2.05, 4.69) is 10.1 Å². The van der Waals surface area contributed by atoms with Crippen molar-refractivity contribution in [3.63, 3.8) is 0 Å². The summed E-state index contributed by atoms with van der Waals surface area (Å²) in [5.74, 6) is 0.251. The zero-order valence-corrected chi connectivity index (χ0v) is 9.08. The fourth-order valence-electron chi connectivity index (χ4n) is 1.30. The highest BCUT2D eigenvalue weighted by Gasteiger charge is 2.18. The third-order valence-electron chi connectivity index (χ3n) is 2.10. The summed E-state index contributed by atoms with van der Waals surface area (Å²) in [5, 5.41) is 12.1. The molecule has 2 heterocycles. The summed E-state index contributed by atoms with van der Waals surface area (Å²) in [6.45, 7) is 1.88. The fourth-order valence-corrected chi connectivity index (χ4v) is 1.30. The molecule has 17 heavy (non-hydrogen) atoms. The minimum Gasteiger partial charge on any atom is -0.438 e. The molecule has 1 aromatic rings. The van der Waals surface area contributed by atoms with Gasteiger partial charge in [0.05, 0.1) is 12.6 Å². The van der Waals surface area contributed by atoms with Crippen LogP contribution in [0.3, 0.4) is 0 Å². The molecule has 7 heteroatoms. The van der Waals surface area contributed by atoms with Gasteiger partial charge in [0.15, 0.2) is 0 Å². The Balaban J connectivity index is 2.01. The number of aromatic nitrogens is 1.